The monoisotopic (exact) mass is 470 g/mol. The van der Waals surface area contributed by atoms with E-state index in [-0.39, 0.29) is 36.4 Å². The van der Waals surface area contributed by atoms with Crippen molar-refractivity contribution in [2.45, 2.75) is 72.4 Å². The lowest BCUT2D eigenvalue weighted by atomic mass is 10.00. The van der Waals surface area contributed by atoms with Gasteiger partial charge in [-0.25, -0.2) is 0 Å². The number of carbonyl (C=O) groups excluding carboxylic acids is 2. The first-order valence-corrected chi connectivity index (χ1v) is 13.0. The van der Waals surface area contributed by atoms with Gasteiger partial charge in [0.15, 0.2) is 0 Å². The van der Waals surface area contributed by atoms with E-state index in [1.54, 1.807) is 16.2 Å². The minimum atomic E-state index is -0.148. The molecule has 0 fully saturated rings. The molecule has 1 aromatic heterocycles. The van der Waals surface area contributed by atoms with Crippen LogP contribution in [0, 0.1) is 5.92 Å². The first kappa shape index (κ1) is 25.3. The summed E-state index contributed by atoms with van der Waals surface area (Å²) in [7, 11) is 0. The largest absolute Gasteiger partial charge is 0.491 e. The molecule has 180 valence electrons. The SMILES string of the molecule is CC[C@H](C)N(CC(=O)N1CCc2sccc2[C@H]1COc1ccc(C(C)C)cc1)C(=O)C(C)C. The molecule has 2 amide bonds. The predicted molar refractivity (Wildman–Crippen MR) is 135 cm³/mol. The third-order valence-corrected chi connectivity index (χ3v) is 7.57. The third kappa shape index (κ3) is 5.97. The second-order valence-electron chi connectivity index (χ2n) is 9.56. The van der Waals surface area contributed by atoms with Crippen molar-refractivity contribution in [2.24, 2.45) is 5.92 Å². The fourth-order valence-corrected chi connectivity index (χ4v) is 5.17. The van der Waals surface area contributed by atoms with Gasteiger partial charge in [-0.3, -0.25) is 9.59 Å². The van der Waals surface area contributed by atoms with Crippen molar-refractivity contribution in [2.75, 3.05) is 19.7 Å². The summed E-state index contributed by atoms with van der Waals surface area (Å²) < 4.78 is 6.18. The number of hydrogen-bond acceptors (Lipinski definition) is 4. The van der Waals surface area contributed by atoms with Gasteiger partial charge in [-0.15, -0.1) is 11.3 Å². The van der Waals surface area contributed by atoms with Crippen LogP contribution in [0.25, 0.3) is 0 Å². The summed E-state index contributed by atoms with van der Waals surface area (Å²) in [5.74, 6) is 1.17. The third-order valence-electron chi connectivity index (χ3n) is 6.58. The van der Waals surface area contributed by atoms with Crippen LogP contribution in [0.15, 0.2) is 35.7 Å². The number of rotatable bonds is 9. The highest BCUT2D eigenvalue weighted by molar-refractivity contribution is 7.10. The Balaban J connectivity index is 1.77. The fraction of sp³-hybridized carbons (Fsp3) is 0.556. The van der Waals surface area contributed by atoms with Crippen LogP contribution in [0.1, 0.15) is 75.9 Å². The highest BCUT2D eigenvalue weighted by Gasteiger charge is 2.34. The zero-order chi connectivity index (χ0) is 24.1. The number of hydrogen-bond donors (Lipinski definition) is 0. The van der Waals surface area contributed by atoms with Gasteiger partial charge in [-0.05, 0) is 60.4 Å². The van der Waals surface area contributed by atoms with Gasteiger partial charge in [0.1, 0.15) is 18.9 Å². The lowest BCUT2D eigenvalue weighted by molar-refractivity contribution is -0.146. The Morgan fingerprint density at radius 3 is 2.42 bits per heavy atom. The number of benzene rings is 1. The van der Waals surface area contributed by atoms with Gasteiger partial charge in [0, 0.05) is 23.4 Å². The molecule has 2 heterocycles. The van der Waals surface area contributed by atoms with Crippen LogP contribution >= 0.6 is 11.3 Å². The molecule has 0 unspecified atom stereocenters. The van der Waals surface area contributed by atoms with Crippen LogP contribution in [0.5, 0.6) is 5.75 Å². The molecule has 1 aliphatic rings. The second kappa shape index (κ2) is 11.2. The maximum Gasteiger partial charge on any atom is 0.242 e. The highest BCUT2D eigenvalue weighted by atomic mass is 32.1. The van der Waals surface area contributed by atoms with E-state index in [2.05, 4.69) is 44.4 Å². The van der Waals surface area contributed by atoms with E-state index in [1.165, 1.54) is 16.0 Å². The standard InChI is InChI=1S/C27H38N2O3S/c1-7-20(6)29(27(31)19(4)5)16-26(30)28-14-12-25-23(13-15-33-25)24(28)17-32-22-10-8-21(9-11-22)18(2)3/h8-11,13,15,18-20,24H,7,12,14,16-17H2,1-6H3/t20-,24+/m0/s1. The normalized spacial score (nSPS) is 16.6. The average Bonchev–Trinajstić information content (AvgIpc) is 3.29. The van der Waals surface area contributed by atoms with E-state index >= 15 is 0 Å². The van der Waals surface area contributed by atoms with Crippen LogP contribution in [0.3, 0.4) is 0 Å². The quantitative estimate of drug-likeness (QED) is 0.475. The number of nitrogens with zero attached hydrogens (tertiary/aromatic N) is 2. The van der Waals surface area contributed by atoms with E-state index in [1.807, 2.05) is 37.8 Å². The average molecular weight is 471 g/mol. The first-order chi connectivity index (χ1) is 15.7. The van der Waals surface area contributed by atoms with E-state index in [4.69, 9.17) is 4.74 Å². The second-order valence-corrected chi connectivity index (χ2v) is 10.6. The Morgan fingerprint density at radius 1 is 1.12 bits per heavy atom. The molecule has 1 aliphatic heterocycles. The molecule has 0 spiro atoms. The topological polar surface area (TPSA) is 49.9 Å². The van der Waals surface area contributed by atoms with Crippen LogP contribution < -0.4 is 4.74 Å². The van der Waals surface area contributed by atoms with Gasteiger partial charge in [-0.2, -0.15) is 0 Å². The Morgan fingerprint density at radius 2 is 1.82 bits per heavy atom. The van der Waals surface area contributed by atoms with Gasteiger partial charge >= 0.3 is 0 Å². The van der Waals surface area contributed by atoms with E-state index in [0.717, 1.165) is 18.6 Å². The van der Waals surface area contributed by atoms with Crippen molar-refractivity contribution in [3.05, 3.63) is 51.7 Å². The van der Waals surface area contributed by atoms with Crippen molar-refractivity contribution in [3.8, 4) is 5.75 Å². The zero-order valence-electron chi connectivity index (χ0n) is 20.8. The molecule has 5 nitrogen and oxygen atoms in total. The van der Waals surface area contributed by atoms with Crippen molar-refractivity contribution in [1.82, 2.24) is 9.80 Å². The molecule has 0 bridgehead atoms. The van der Waals surface area contributed by atoms with E-state index < -0.39 is 0 Å². The summed E-state index contributed by atoms with van der Waals surface area (Å²) in [5.41, 5.74) is 2.44. The molecular weight excluding hydrogens is 432 g/mol. The van der Waals surface area contributed by atoms with Crippen molar-refractivity contribution >= 4 is 23.2 Å². The molecule has 0 aliphatic carbocycles. The number of fused-ring (bicyclic) bond motifs is 1. The smallest absolute Gasteiger partial charge is 0.242 e. The van der Waals surface area contributed by atoms with Crippen molar-refractivity contribution in [1.29, 1.82) is 0 Å². The summed E-state index contributed by atoms with van der Waals surface area (Å²) in [6.07, 6.45) is 1.67. The summed E-state index contributed by atoms with van der Waals surface area (Å²) in [5, 5.41) is 2.09. The minimum absolute atomic E-state index is 0.00935. The lowest BCUT2D eigenvalue weighted by Crippen LogP contribution is -2.50. The number of thiophene rings is 1. The molecule has 33 heavy (non-hydrogen) atoms. The Hall–Kier alpha value is -2.34. The maximum absolute atomic E-state index is 13.5. The zero-order valence-corrected chi connectivity index (χ0v) is 21.7. The molecule has 2 aromatic rings. The fourth-order valence-electron chi connectivity index (χ4n) is 4.24. The minimum Gasteiger partial charge on any atom is -0.491 e. The van der Waals surface area contributed by atoms with Gasteiger partial charge in [0.05, 0.1) is 6.04 Å². The Kier molecular flexibility index (Phi) is 8.57. The Bertz CT molecular complexity index is 935. The summed E-state index contributed by atoms with van der Waals surface area (Å²) in [6, 6.07) is 10.2. The van der Waals surface area contributed by atoms with Gasteiger partial charge in [0.25, 0.3) is 0 Å². The van der Waals surface area contributed by atoms with Crippen LogP contribution in [-0.4, -0.2) is 47.4 Å². The summed E-state index contributed by atoms with van der Waals surface area (Å²) >= 11 is 1.74. The molecular formula is C27H38N2O3S. The van der Waals surface area contributed by atoms with Crippen molar-refractivity contribution < 1.29 is 14.3 Å². The molecule has 1 aromatic carbocycles. The van der Waals surface area contributed by atoms with Gasteiger partial charge in [0.2, 0.25) is 11.8 Å². The molecule has 0 N–H and O–H groups in total. The summed E-state index contributed by atoms with van der Waals surface area (Å²) in [4.78, 5) is 31.3. The first-order valence-electron chi connectivity index (χ1n) is 12.1. The molecule has 0 radical (unpaired) electrons. The van der Waals surface area contributed by atoms with E-state index in [0.29, 0.717) is 19.1 Å². The van der Waals surface area contributed by atoms with Gasteiger partial charge in [-0.1, -0.05) is 46.8 Å². The van der Waals surface area contributed by atoms with Gasteiger partial charge < -0.3 is 14.5 Å². The van der Waals surface area contributed by atoms with E-state index in [9.17, 15) is 9.59 Å². The molecule has 6 heteroatoms. The molecule has 2 atom stereocenters. The van der Waals surface area contributed by atoms with Crippen LogP contribution in [0.2, 0.25) is 0 Å². The number of amides is 2. The van der Waals surface area contributed by atoms with Crippen LogP contribution in [-0.2, 0) is 16.0 Å². The number of carbonyl (C=O) groups is 2. The molecule has 3 rings (SSSR count). The highest BCUT2D eigenvalue weighted by Crippen LogP contribution is 2.34. The maximum atomic E-state index is 13.5. The lowest BCUT2D eigenvalue weighted by Gasteiger charge is -2.38. The summed E-state index contributed by atoms with van der Waals surface area (Å²) in [6.45, 7) is 13.4. The predicted octanol–water partition coefficient (Wildman–Crippen LogP) is 5.66. The Labute approximate surface area is 202 Å². The van der Waals surface area contributed by atoms with Crippen molar-refractivity contribution in [3.63, 3.8) is 0 Å². The molecule has 0 saturated heterocycles. The molecule has 0 saturated carbocycles. The number of ether oxygens (including phenoxy) is 1. The van der Waals surface area contributed by atoms with Crippen LogP contribution in [0.4, 0.5) is 0 Å².